The topological polar surface area (TPSA) is 78.9 Å². The molecule has 0 saturated carbocycles. The summed E-state index contributed by atoms with van der Waals surface area (Å²) in [5, 5.41) is 0. The van der Waals surface area contributed by atoms with Crippen molar-refractivity contribution >= 4 is 29.7 Å². The Morgan fingerprint density at radius 1 is 0.960 bits per heavy atom. The molecule has 0 aliphatic carbocycles. The molecule has 0 aromatic heterocycles. The van der Waals surface area contributed by atoms with Gasteiger partial charge >= 0.3 is 17.9 Å². The van der Waals surface area contributed by atoms with Crippen molar-refractivity contribution in [3.05, 3.63) is 53.1 Å². The molecule has 25 heavy (non-hydrogen) atoms. The summed E-state index contributed by atoms with van der Waals surface area (Å²) >= 11 is 1.17. The molecule has 1 aromatic rings. The van der Waals surface area contributed by atoms with Gasteiger partial charge in [-0.15, -0.1) is 0 Å². The van der Waals surface area contributed by atoms with E-state index < -0.39 is 17.9 Å². The van der Waals surface area contributed by atoms with Crippen LogP contribution in [-0.4, -0.2) is 31.1 Å². The zero-order valence-corrected chi connectivity index (χ0v) is 15.1. The van der Waals surface area contributed by atoms with Crippen LogP contribution in [-0.2, 0) is 28.6 Å². The monoisotopic (exact) mass is 364 g/mol. The van der Waals surface area contributed by atoms with Crippen molar-refractivity contribution in [1.29, 1.82) is 0 Å². The predicted molar refractivity (Wildman–Crippen MR) is 93.5 cm³/mol. The lowest BCUT2D eigenvalue weighted by molar-refractivity contribution is -0.150. The van der Waals surface area contributed by atoms with E-state index in [0.717, 1.165) is 4.90 Å². The summed E-state index contributed by atoms with van der Waals surface area (Å²) < 4.78 is 14.7. The Morgan fingerprint density at radius 3 is 2.12 bits per heavy atom. The van der Waals surface area contributed by atoms with Crippen LogP contribution in [0.1, 0.15) is 20.8 Å². The summed E-state index contributed by atoms with van der Waals surface area (Å²) in [4.78, 5) is 36.1. The van der Waals surface area contributed by atoms with E-state index in [-0.39, 0.29) is 23.9 Å². The molecule has 0 amide bonds. The van der Waals surface area contributed by atoms with Crippen molar-refractivity contribution in [3.8, 4) is 0 Å². The number of ether oxygens (including phenoxy) is 3. The highest BCUT2D eigenvalue weighted by Crippen LogP contribution is 2.27. The summed E-state index contributed by atoms with van der Waals surface area (Å²) in [6.45, 7) is 4.84. The Kier molecular flexibility index (Phi) is 9.10. The molecular formula is C18H20O6S. The summed E-state index contributed by atoms with van der Waals surface area (Å²) in [6, 6.07) is 9.20. The molecular weight excluding hydrogens is 344 g/mol. The second kappa shape index (κ2) is 11.1. The van der Waals surface area contributed by atoms with Crippen molar-refractivity contribution < 1.29 is 28.6 Å². The first-order valence-corrected chi connectivity index (χ1v) is 8.47. The third kappa shape index (κ3) is 7.71. The van der Waals surface area contributed by atoms with Crippen LogP contribution in [0, 0.1) is 0 Å². The van der Waals surface area contributed by atoms with Crippen LogP contribution in [0.15, 0.2) is 58.0 Å². The Morgan fingerprint density at radius 2 is 1.56 bits per heavy atom. The molecule has 0 saturated heterocycles. The van der Waals surface area contributed by atoms with Gasteiger partial charge in [0.05, 0.1) is 18.1 Å². The van der Waals surface area contributed by atoms with Crippen LogP contribution in [0.3, 0.4) is 0 Å². The number of hydrogen-bond acceptors (Lipinski definition) is 7. The molecule has 0 N–H and O–H groups in total. The van der Waals surface area contributed by atoms with E-state index >= 15 is 0 Å². The molecule has 0 aliphatic rings. The second-order valence-electron chi connectivity index (χ2n) is 4.51. The van der Waals surface area contributed by atoms with E-state index in [1.165, 1.54) is 30.8 Å². The number of allylic oxidation sites excluding steroid dienone is 2. The molecule has 0 aliphatic heterocycles. The van der Waals surface area contributed by atoms with Gasteiger partial charge < -0.3 is 14.2 Å². The molecule has 0 unspecified atom stereocenters. The quantitative estimate of drug-likeness (QED) is 0.175. The van der Waals surface area contributed by atoms with Crippen LogP contribution in [0.2, 0.25) is 0 Å². The maximum absolute atomic E-state index is 12.1. The maximum atomic E-state index is 12.1. The molecule has 134 valence electrons. The molecule has 1 aromatic carbocycles. The fourth-order valence-corrected chi connectivity index (χ4v) is 2.44. The van der Waals surface area contributed by atoms with Gasteiger partial charge in [-0.3, -0.25) is 4.79 Å². The third-order valence-electron chi connectivity index (χ3n) is 2.56. The van der Waals surface area contributed by atoms with Crippen molar-refractivity contribution in [2.45, 2.75) is 25.7 Å². The lowest BCUT2D eigenvalue weighted by Gasteiger charge is -2.07. The van der Waals surface area contributed by atoms with Crippen LogP contribution < -0.4 is 0 Å². The Hall–Kier alpha value is -2.54. The first-order valence-electron chi connectivity index (χ1n) is 7.65. The van der Waals surface area contributed by atoms with E-state index in [9.17, 15) is 14.4 Å². The molecule has 6 nitrogen and oxygen atoms in total. The van der Waals surface area contributed by atoms with E-state index in [1.807, 2.05) is 30.3 Å². The van der Waals surface area contributed by atoms with Gasteiger partial charge in [-0.1, -0.05) is 30.0 Å². The third-order valence-corrected chi connectivity index (χ3v) is 3.59. The number of carbonyl (C=O) groups excluding carboxylic acids is 3. The predicted octanol–water partition coefficient (Wildman–Crippen LogP) is 3.24. The van der Waals surface area contributed by atoms with Crippen molar-refractivity contribution in [1.82, 2.24) is 0 Å². The lowest BCUT2D eigenvalue weighted by Crippen LogP contribution is -2.13. The fraction of sp³-hybridized carbons (Fsp3) is 0.278. The minimum absolute atomic E-state index is 0.130. The molecule has 7 heteroatoms. The first kappa shape index (κ1) is 20.5. The van der Waals surface area contributed by atoms with Crippen LogP contribution in [0.25, 0.3) is 0 Å². The second-order valence-corrected chi connectivity index (χ2v) is 5.63. The Labute approximate surface area is 150 Å². The number of rotatable bonds is 8. The average Bonchev–Trinajstić information content (AvgIpc) is 2.58. The molecule has 0 radical (unpaired) electrons. The number of hydrogen-bond donors (Lipinski definition) is 0. The summed E-state index contributed by atoms with van der Waals surface area (Å²) in [5.41, 5.74) is 0. The lowest BCUT2D eigenvalue weighted by atomic mass is 10.4. The number of esters is 3. The fourth-order valence-electron chi connectivity index (χ4n) is 1.61. The minimum atomic E-state index is -0.790. The highest BCUT2D eigenvalue weighted by molar-refractivity contribution is 8.04. The maximum Gasteiger partial charge on any atom is 0.374 e. The van der Waals surface area contributed by atoms with E-state index in [0.29, 0.717) is 0 Å². The summed E-state index contributed by atoms with van der Waals surface area (Å²) in [5.74, 6) is -2.30. The van der Waals surface area contributed by atoms with Gasteiger partial charge in [-0.05, 0) is 38.1 Å². The largest absolute Gasteiger partial charge is 0.462 e. The zero-order valence-electron chi connectivity index (χ0n) is 14.3. The molecule has 0 atom stereocenters. The normalized spacial score (nSPS) is 11.6. The van der Waals surface area contributed by atoms with Crippen molar-refractivity contribution in [2.24, 2.45) is 0 Å². The van der Waals surface area contributed by atoms with Gasteiger partial charge in [0.15, 0.2) is 0 Å². The standard InChI is InChI=1S/C18H20O6S/c1-4-22-17(20)15(24-13(3)19)11-12-16(18(21)23-5-2)25-14-9-7-6-8-10-14/h6-12H,4-5H2,1-3H3/b15-11-,16-12-. The van der Waals surface area contributed by atoms with Crippen LogP contribution >= 0.6 is 11.8 Å². The van der Waals surface area contributed by atoms with Crippen LogP contribution in [0.5, 0.6) is 0 Å². The van der Waals surface area contributed by atoms with Crippen molar-refractivity contribution in [3.63, 3.8) is 0 Å². The summed E-state index contributed by atoms with van der Waals surface area (Å²) in [6.07, 6.45) is 2.59. The average molecular weight is 364 g/mol. The van der Waals surface area contributed by atoms with Crippen molar-refractivity contribution in [2.75, 3.05) is 13.2 Å². The van der Waals surface area contributed by atoms with Crippen LogP contribution in [0.4, 0.5) is 0 Å². The number of carbonyl (C=O) groups is 3. The molecule has 0 bridgehead atoms. The smallest absolute Gasteiger partial charge is 0.374 e. The Balaban J connectivity index is 3.13. The summed E-state index contributed by atoms with van der Waals surface area (Å²) in [7, 11) is 0. The molecule has 0 spiro atoms. The zero-order chi connectivity index (χ0) is 18.7. The van der Waals surface area contributed by atoms with Gasteiger partial charge in [0, 0.05) is 11.8 Å². The minimum Gasteiger partial charge on any atom is -0.462 e. The number of thioether (sulfide) groups is 1. The highest BCUT2D eigenvalue weighted by Gasteiger charge is 2.16. The first-order chi connectivity index (χ1) is 12.0. The van der Waals surface area contributed by atoms with E-state index in [4.69, 9.17) is 14.2 Å². The number of benzene rings is 1. The highest BCUT2D eigenvalue weighted by atomic mass is 32.2. The van der Waals surface area contributed by atoms with Gasteiger partial charge in [-0.2, -0.15) is 0 Å². The van der Waals surface area contributed by atoms with E-state index in [1.54, 1.807) is 13.8 Å². The molecule has 1 rings (SSSR count). The van der Waals surface area contributed by atoms with Gasteiger partial charge in [0.25, 0.3) is 0 Å². The SMILES string of the molecule is CCOC(=O)/C(=C/C=C(\Sc1ccccc1)C(=O)OCC)OC(C)=O. The molecule has 0 heterocycles. The van der Waals surface area contributed by atoms with Gasteiger partial charge in [-0.25, -0.2) is 9.59 Å². The molecule has 0 fully saturated rings. The van der Waals surface area contributed by atoms with Gasteiger partial charge in [0.2, 0.25) is 5.76 Å². The van der Waals surface area contributed by atoms with Gasteiger partial charge in [0.1, 0.15) is 0 Å². The Bertz CT molecular complexity index is 663. The van der Waals surface area contributed by atoms with E-state index in [2.05, 4.69) is 0 Å².